The normalized spacial score (nSPS) is 12.5. The van der Waals surface area contributed by atoms with Crippen molar-refractivity contribution in [1.29, 1.82) is 0 Å². The highest BCUT2D eigenvalue weighted by Crippen LogP contribution is 2.32. The smallest absolute Gasteiger partial charge is 0.385 e. The SMILES string of the molecule is Nc1cc2ccccc2[nH]1.O=S(=O)(O)c1ccc(F)c(S(=O)(=O)C(F)(F)F)c1. The van der Waals surface area contributed by atoms with Crippen LogP contribution in [0.1, 0.15) is 0 Å². The molecule has 0 radical (unpaired) electrons. The molecule has 0 saturated heterocycles. The van der Waals surface area contributed by atoms with Gasteiger partial charge in [-0.1, -0.05) is 18.2 Å². The number of aromatic nitrogens is 1. The van der Waals surface area contributed by atoms with Crippen LogP contribution in [0.15, 0.2) is 58.3 Å². The van der Waals surface area contributed by atoms with Crippen LogP contribution < -0.4 is 5.73 Å². The van der Waals surface area contributed by atoms with Gasteiger partial charge >= 0.3 is 5.51 Å². The molecule has 0 spiro atoms. The molecule has 4 N–H and O–H groups in total. The second-order valence-corrected chi connectivity index (χ2v) is 8.66. The summed E-state index contributed by atoms with van der Waals surface area (Å²) < 4.78 is 101. The second-order valence-electron chi connectivity index (χ2n) is 5.33. The second kappa shape index (κ2) is 7.41. The fourth-order valence-corrected chi connectivity index (χ4v) is 3.51. The zero-order valence-corrected chi connectivity index (χ0v) is 15.2. The molecule has 7 nitrogen and oxygen atoms in total. The maximum atomic E-state index is 13.0. The van der Waals surface area contributed by atoms with Crippen LogP contribution in [-0.2, 0) is 20.0 Å². The molecule has 0 atom stereocenters. The Balaban J connectivity index is 0.000000233. The number of benzene rings is 2. The summed E-state index contributed by atoms with van der Waals surface area (Å²) in [5, 5.41) is 1.17. The molecule has 0 amide bonds. The van der Waals surface area contributed by atoms with Crippen molar-refractivity contribution in [2.45, 2.75) is 15.3 Å². The molecule has 152 valence electrons. The largest absolute Gasteiger partial charge is 0.502 e. The Hall–Kier alpha value is -2.64. The Bertz CT molecular complexity index is 1190. The maximum Gasteiger partial charge on any atom is 0.502 e. The van der Waals surface area contributed by atoms with E-state index in [4.69, 9.17) is 10.3 Å². The van der Waals surface area contributed by atoms with Gasteiger partial charge in [0.05, 0.1) is 4.90 Å². The summed E-state index contributed by atoms with van der Waals surface area (Å²) in [4.78, 5) is 0.00551. The Morgan fingerprint density at radius 2 is 1.57 bits per heavy atom. The Morgan fingerprint density at radius 3 is 2.11 bits per heavy atom. The fraction of sp³-hybridized carbons (Fsp3) is 0.0667. The van der Waals surface area contributed by atoms with E-state index in [1.165, 1.54) is 5.39 Å². The van der Waals surface area contributed by atoms with Crippen LogP contribution >= 0.6 is 0 Å². The summed E-state index contributed by atoms with van der Waals surface area (Å²) in [5.74, 6) is -1.05. The molecular formula is C15H12F4N2O5S2. The summed E-state index contributed by atoms with van der Waals surface area (Å²) in [5.41, 5.74) is 0.846. The number of alkyl halides is 3. The van der Waals surface area contributed by atoms with Gasteiger partial charge in [0, 0.05) is 10.9 Å². The molecule has 3 rings (SSSR count). The van der Waals surface area contributed by atoms with Gasteiger partial charge in [0.15, 0.2) is 0 Å². The van der Waals surface area contributed by atoms with Crippen LogP contribution in [0.4, 0.5) is 23.4 Å². The number of aromatic amines is 1. The van der Waals surface area contributed by atoms with Crippen LogP contribution in [0.25, 0.3) is 10.9 Å². The summed E-state index contributed by atoms with van der Waals surface area (Å²) in [6.07, 6.45) is 0. The maximum absolute atomic E-state index is 13.0. The lowest BCUT2D eigenvalue weighted by molar-refractivity contribution is -0.0438. The van der Waals surface area contributed by atoms with Gasteiger partial charge in [-0.05, 0) is 30.3 Å². The first kappa shape index (κ1) is 21.7. The van der Waals surface area contributed by atoms with E-state index in [1.807, 2.05) is 30.3 Å². The molecule has 13 heteroatoms. The number of nitrogens with two attached hydrogens (primary N) is 1. The van der Waals surface area contributed by atoms with Crippen LogP contribution in [0.3, 0.4) is 0 Å². The molecule has 0 aliphatic carbocycles. The average molecular weight is 440 g/mol. The molecule has 3 aromatic rings. The van der Waals surface area contributed by atoms with Crippen molar-refractivity contribution in [2.75, 3.05) is 5.73 Å². The molecule has 0 saturated carbocycles. The topological polar surface area (TPSA) is 130 Å². The minimum atomic E-state index is -6.04. The number of H-pyrrole nitrogens is 1. The Labute approximate surface area is 156 Å². The van der Waals surface area contributed by atoms with Gasteiger partial charge < -0.3 is 10.7 Å². The van der Waals surface area contributed by atoms with Crippen molar-refractivity contribution in [3.8, 4) is 0 Å². The number of hydrogen-bond acceptors (Lipinski definition) is 5. The molecular weight excluding hydrogens is 428 g/mol. The Morgan fingerprint density at radius 1 is 0.964 bits per heavy atom. The third-order valence-electron chi connectivity index (χ3n) is 3.35. The highest BCUT2D eigenvalue weighted by molar-refractivity contribution is 7.92. The number of fused-ring (bicyclic) bond motifs is 1. The average Bonchev–Trinajstić information content (AvgIpc) is 2.93. The number of nitrogens with one attached hydrogen (secondary N) is 1. The molecule has 0 unspecified atom stereocenters. The third-order valence-corrected chi connectivity index (χ3v) is 5.70. The first-order valence-corrected chi connectivity index (χ1v) is 10.1. The summed E-state index contributed by atoms with van der Waals surface area (Å²) >= 11 is 0. The lowest BCUT2D eigenvalue weighted by Crippen LogP contribution is -2.24. The number of anilines is 1. The van der Waals surface area contributed by atoms with Crippen LogP contribution in [-0.4, -0.2) is 31.9 Å². The van der Waals surface area contributed by atoms with Gasteiger partial charge in [0.1, 0.15) is 16.5 Å². The number of halogens is 4. The van der Waals surface area contributed by atoms with E-state index < -0.39 is 41.1 Å². The predicted molar refractivity (Wildman–Crippen MR) is 92.2 cm³/mol. The summed E-state index contributed by atoms with van der Waals surface area (Å²) in [7, 11) is -11.0. The van der Waals surface area contributed by atoms with Crippen molar-refractivity contribution in [1.82, 2.24) is 4.98 Å². The molecule has 28 heavy (non-hydrogen) atoms. The molecule has 0 aliphatic rings. The van der Waals surface area contributed by atoms with E-state index in [2.05, 4.69) is 4.98 Å². The van der Waals surface area contributed by atoms with Crippen LogP contribution in [0.5, 0.6) is 0 Å². The van der Waals surface area contributed by atoms with E-state index in [1.54, 1.807) is 0 Å². The van der Waals surface area contributed by atoms with Gasteiger partial charge in [-0.15, -0.1) is 0 Å². The van der Waals surface area contributed by atoms with E-state index in [9.17, 15) is 34.4 Å². The summed E-state index contributed by atoms with van der Waals surface area (Å²) in [6, 6.07) is 10.5. The van der Waals surface area contributed by atoms with Crippen molar-refractivity contribution in [2.24, 2.45) is 0 Å². The molecule has 0 aliphatic heterocycles. The van der Waals surface area contributed by atoms with Gasteiger partial charge in [0.2, 0.25) is 0 Å². The highest BCUT2D eigenvalue weighted by atomic mass is 32.2. The minimum Gasteiger partial charge on any atom is -0.385 e. The van der Waals surface area contributed by atoms with Crippen LogP contribution in [0.2, 0.25) is 0 Å². The molecule has 2 aromatic carbocycles. The van der Waals surface area contributed by atoms with E-state index in [0.717, 1.165) is 11.3 Å². The fourth-order valence-electron chi connectivity index (χ4n) is 2.07. The highest BCUT2D eigenvalue weighted by Gasteiger charge is 2.48. The van der Waals surface area contributed by atoms with Crippen molar-refractivity contribution in [3.63, 3.8) is 0 Å². The lowest BCUT2D eigenvalue weighted by Gasteiger charge is -2.09. The number of hydrogen-bond donors (Lipinski definition) is 3. The van der Waals surface area contributed by atoms with E-state index >= 15 is 0 Å². The molecule has 0 fully saturated rings. The van der Waals surface area contributed by atoms with Crippen molar-refractivity contribution >= 4 is 36.7 Å². The monoisotopic (exact) mass is 440 g/mol. The minimum absolute atomic E-state index is 0.104. The number of para-hydroxylation sites is 1. The first-order chi connectivity index (χ1) is 12.7. The van der Waals surface area contributed by atoms with Gasteiger partial charge in [-0.25, -0.2) is 12.8 Å². The lowest BCUT2D eigenvalue weighted by atomic mass is 10.3. The van der Waals surface area contributed by atoms with Crippen LogP contribution in [0, 0.1) is 5.82 Å². The van der Waals surface area contributed by atoms with E-state index in [0.29, 0.717) is 6.07 Å². The number of sulfone groups is 1. The molecule has 1 aromatic heterocycles. The van der Waals surface area contributed by atoms with Gasteiger partial charge in [0.25, 0.3) is 20.0 Å². The van der Waals surface area contributed by atoms with Crippen molar-refractivity contribution in [3.05, 3.63) is 54.3 Å². The number of nitrogen functional groups attached to an aromatic ring is 1. The first-order valence-electron chi connectivity index (χ1n) is 7.15. The molecule has 0 bridgehead atoms. The molecule has 1 heterocycles. The summed E-state index contributed by atoms with van der Waals surface area (Å²) in [6.45, 7) is 0. The van der Waals surface area contributed by atoms with Crippen molar-refractivity contribution < 1.29 is 39.0 Å². The predicted octanol–water partition coefficient (Wildman–Crippen LogP) is 3.12. The zero-order valence-electron chi connectivity index (χ0n) is 13.6. The van der Waals surface area contributed by atoms with E-state index in [-0.39, 0.29) is 12.1 Å². The zero-order chi connectivity index (χ0) is 21.3. The Kier molecular flexibility index (Phi) is 5.73. The standard InChI is InChI=1S/C8H8N2.C7H4F4O5S2/c9-8-5-6-3-1-2-4-7(6)10-8;8-5-2-1-4(18(14,15)16)3-6(5)17(12,13)7(9,10)11/h1-5,10H,9H2;1-3H,(H,14,15,16). The number of rotatable bonds is 2. The van der Waals surface area contributed by atoms with Gasteiger partial charge in [-0.2, -0.15) is 21.6 Å². The van der Waals surface area contributed by atoms with Gasteiger partial charge in [-0.3, -0.25) is 4.55 Å². The quantitative estimate of drug-likeness (QED) is 0.415. The third kappa shape index (κ3) is 4.61.